The van der Waals surface area contributed by atoms with Crippen molar-refractivity contribution in [1.29, 1.82) is 0 Å². The van der Waals surface area contributed by atoms with Gasteiger partial charge in [0.1, 0.15) is 0 Å². The van der Waals surface area contributed by atoms with Crippen LogP contribution in [0.15, 0.2) is 43.0 Å². The minimum atomic E-state index is -0.158. The second-order valence-electron chi connectivity index (χ2n) is 6.02. The molecule has 0 bridgehead atoms. The van der Waals surface area contributed by atoms with Gasteiger partial charge in [-0.15, -0.1) is 0 Å². The maximum absolute atomic E-state index is 12.6. The van der Waals surface area contributed by atoms with E-state index in [1.54, 1.807) is 34.1 Å². The van der Waals surface area contributed by atoms with Gasteiger partial charge in [-0.05, 0) is 24.6 Å². The van der Waals surface area contributed by atoms with E-state index in [1.165, 1.54) is 0 Å². The minimum Gasteiger partial charge on any atom is -0.379 e. The maximum Gasteiger partial charge on any atom is 0.291 e. The van der Waals surface area contributed by atoms with Crippen molar-refractivity contribution in [3.8, 4) is 0 Å². The van der Waals surface area contributed by atoms with Crippen molar-refractivity contribution in [1.82, 2.24) is 29.5 Å². The molecule has 3 aromatic heterocycles. The Kier molecular flexibility index (Phi) is 4.34. The second-order valence-corrected chi connectivity index (χ2v) is 6.02. The van der Waals surface area contributed by atoms with Crippen LogP contribution in [0, 0.1) is 5.92 Å². The van der Waals surface area contributed by atoms with E-state index in [9.17, 15) is 4.79 Å². The van der Waals surface area contributed by atoms with Crippen LogP contribution in [0.5, 0.6) is 0 Å². The first-order valence-electron chi connectivity index (χ1n) is 8.23. The number of amides is 1. The fourth-order valence-corrected chi connectivity index (χ4v) is 3.00. The molecule has 1 fully saturated rings. The summed E-state index contributed by atoms with van der Waals surface area (Å²) in [6.07, 6.45) is 7.44. The van der Waals surface area contributed by atoms with Gasteiger partial charge in [0, 0.05) is 43.8 Å². The molecule has 8 heteroatoms. The lowest BCUT2D eigenvalue weighted by Gasteiger charge is -2.22. The van der Waals surface area contributed by atoms with Gasteiger partial charge in [0.25, 0.3) is 5.91 Å². The largest absolute Gasteiger partial charge is 0.379 e. The molecule has 4 heterocycles. The van der Waals surface area contributed by atoms with Gasteiger partial charge < -0.3 is 9.64 Å². The molecular formula is C17H18N6O2. The Bertz CT molecular complexity index is 866. The summed E-state index contributed by atoms with van der Waals surface area (Å²) >= 11 is 0. The molecule has 25 heavy (non-hydrogen) atoms. The molecule has 0 aromatic carbocycles. The van der Waals surface area contributed by atoms with Gasteiger partial charge in [0.15, 0.2) is 5.65 Å². The first-order chi connectivity index (χ1) is 12.3. The molecule has 1 atom stereocenters. The average molecular weight is 338 g/mol. The van der Waals surface area contributed by atoms with Gasteiger partial charge in [-0.25, -0.2) is 19.5 Å². The third-order valence-corrected chi connectivity index (χ3v) is 4.19. The predicted octanol–water partition coefficient (Wildman–Crippen LogP) is 0.851. The zero-order chi connectivity index (χ0) is 17.1. The number of hydrogen-bond acceptors (Lipinski definition) is 6. The van der Waals surface area contributed by atoms with E-state index >= 15 is 0 Å². The lowest BCUT2D eigenvalue weighted by Crippen LogP contribution is -2.37. The highest BCUT2D eigenvalue weighted by molar-refractivity contribution is 5.90. The van der Waals surface area contributed by atoms with E-state index in [2.05, 4.69) is 20.1 Å². The van der Waals surface area contributed by atoms with Gasteiger partial charge >= 0.3 is 0 Å². The lowest BCUT2D eigenvalue weighted by molar-refractivity contribution is 0.0725. The minimum absolute atomic E-state index is 0.158. The fourth-order valence-electron chi connectivity index (χ4n) is 3.00. The molecule has 0 unspecified atom stereocenters. The number of ether oxygens (including phenoxy) is 1. The standard InChI is InChI=1S/C17H18N6O2/c24-17(16-19-4-1-5-20-16)22-8-9-25-12-13(11-22)10-14-2-3-15-18-6-7-23(15)21-14/h1-7,13H,8-12H2/t13-/m1/s1. The second kappa shape index (κ2) is 6.94. The number of nitrogens with zero attached hydrogens (tertiary/aromatic N) is 6. The molecule has 1 amide bonds. The first kappa shape index (κ1) is 15.6. The van der Waals surface area contributed by atoms with E-state index in [0.29, 0.717) is 26.3 Å². The van der Waals surface area contributed by atoms with E-state index in [-0.39, 0.29) is 17.6 Å². The monoisotopic (exact) mass is 338 g/mol. The number of rotatable bonds is 3. The molecule has 0 radical (unpaired) electrons. The molecule has 4 rings (SSSR count). The Morgan fingerprint density at radius 3 is 2.96 bits per heavy atom. The molecule has 0 aliphatic carbocycles. The van der Waals surface area contributed by atoms with Gasteiger partial charge in [-0.1, -0.05) is 0 Å². The third-order valence-electron chi connectivity index (χ3n) is 4.19. The van der Waals surface area contributed by atoms with Crippen LogP contribution < -0.4 is 0 Å². The number of aromatic nitrogens is 5. The van der Waals surface area contributed by atoms with Crippen LogP contribution in [-0.2, 0) is 11.2 Å². The fraction of sp³-hybridized carbons (Fsp3) is 0.353. The Balaban J connectivity index is 1.48. The van der Waals surface area contributed by atoms with Crippen molar-refractivity contribution in [3.05, 3.63) is 54.5 Å². The van der Waals surface area contributed by atoms with Crippen molar-refractivity contribution in [2.45, 2.75) is 6.42 Å². The van der Waals surface area contributed by atoms with Crippen molar-refractivity contribution >= 4 is 11.6 Å². The van der Waals surface area contributed by atoms with Crippen LogP contribution in [0.2, 0.25) is 0 Å². The molecule has 1 aliphatic rings. The molecule has 128 valence electrons. The number of carbonyl (C=O) groups excluding carboxylic acids is 1. The van der Waals surface area contributed by atoms with Crippen LogP contribution >= 0.6 is 0 Å². The number of imidazole rings is 1. The topological polar surface area (TPSA) is 85.5 Å². The predicted molar refractivity (Wildman–Crippen MR) is 88.9 cm³/mol. The first-order valence-corrected chi connectivity index (χ1v) is 8.23. The molecule has 1 saturated heterocycles. The van der Waals surface area contributed by atoms with Crippen LogP contribution in [0.4, 0.5) is 0 Å². The van der Waals surface area contributed by atoms with Crippen LogP contribution in [0.1, 0.15) is 16.3 Å². The van der Waals surface area contributed by atoms with Gasteiger partial charge in [0.2, 0.25) is 5.82 Å². The van der Waals surface area contributed by atoms with E-state index in [1.807, 2.05) is 18.3 Å². The summed E-state index contributed by atoms with van der Waals surface area (Å²) in [6.45, 7) is 2.26. The van der Waals surface area contributed by atoms with E-state index in [4.69, 9.17) is 4.74 Å². The lowest BCUT2D eigenvalue weighted by atomic mass is 10.0. The summed E-state index contributed by atoms with van der Waals surface area (Å²) in [5, 5.41) is 4.56. The Morgan fingerprint density at radius 1 is 1.20 bits per heavy atom. The van der Waals surface area contributed by atoms with Crippen LogP contribution in [0.25, 0.3) is 5.65 Å². The number of fused-ring (bicyclic) bond motifs is 1. The Morgan fingerprint density at radius 2 is 2.08 bits per heavy atom. The maximum atomic E-state index is 12.6. The van der Waals surface area contributed by atoms with Crippen molar-refractivity contribution in [3.63, 3.8) is 0 Å². The van der Waals surface area contributed by atoms with E-state index in [0.717, 1.165) is 17.8 Å². The van der Waals surface area contributed by atoms with Crippen molar-refractivity contribution in [2.24, 2.45) is 5.92 Å². The summed E-state index contributed by atoms with van der Waals surface area (Å²) in [7, 11) is 0. The molecule has 0 spiro atoms. The van der Waals surface area contributed by atoms with Crippen LogP contribution in [0.3, 0.4) is 0 Å². The quantitative estimate of drug-likeness (QED) is 0.704. The molecule has 0 N–H and O–H groups in total. The Labute approximate surface area is 144 Å². The van der Waals surface area contributed by atoms with E-state index < -0.39 is 0 Å². The summed E-state index contributed by atoms with van der Waals surface area (Å²) in [4.78, 5) is 26.7. The Hall–Kier alpha value is -2.87. The molecule has 8 nitrogen and oxygen atoms in total. The smallest absolute Gasteiger partial charge is 0.291 e. The molecule has 1 aliphatic heterocycles. The highest BCUT2D eigenvalue weighted by Gasteiger charge is 2.25. The van der Waals surface area contributed by atoms with Gasteiger partial charge in [0.05, 0.1) is 18.9 Å². The average Bonchev–Trinajstić information content (AvgIpc) is 2.99. The SMILES string of the molecule is O=C(c1ncccn1)N1CCOC[C@H](Cc2ccc3nccn3n2)C1. The summed E-state index contributed by atoms with van der Waals surface area (Å²) in [5.41, 5.74) is 1.77. The molecular weight excluding hydrogens is 320 g/mol. The highest BCUT2D eigenvalue weighted by atomic mass is 16.5. The number of carbonyl (C=O) groups is 1. The zero-order valence-corrected chi connectivity index (χ0v) is 13.7. The normalized spacial score (nSPS) is 18.2. The number of hydrogen-bond donors (Lipinski definition) is 0. The molecule has 0 saturated carbocycles. The summed E-state index contributed by atoms with van der Waals surface area (Å²) in [5.74, 6) is 0.235. The van der Waals surface area contributed by atoms with Crippen LogP contribution in [-0.4, -0.2) is 61.7 Å². The van der Waals surface area contributed by atoms with Crippen molar-refractivity contribution in [2.75, 3.05) is 26.3 Å². The summed E-state index contributed by atoms with van der Waals surface area (Å²) in [6, 6.07) is 5.61. The summed E-state index contributed by atoms with van der Waals surface area (Å²) < 4.78 is 7.44. The zero-order valence-electron chi connectivity index (χ0n) is 13.7. The van der Waals surface area contributed by atoms with Gasteiger partial charge in [-0.3, -0.25) is 4.79 Å². The molecule has 3 aromatic rings. The van der Waals surface area contributed by atoms with Crippen molar-refractivity contribution < 1.29 is 9.53 Å². The third kappa shape index (κ3) is 3.48. The van der Waals surface area contributed by atoms with Gasteiger partial charge in [-0.2, -0.15) is 5.10 Å². The highest BCUT2D eigenvalue weighted by Crippen LogP contribution is 2.14.